The maximum atomic E-state index is 10.8. The Kier molecular flexibility index (Phi) is 6.20. The van der Waals surface area contributed by atoms with Gasteiger partial charge in [-0.15, -0.1) is 6.58 Å². The van der Waals surface area contributed by atoms with Gasteiger partial charge >= 0.3 is 5.97 Å². The molecule has 0 saturated heterocycles. The lowest BCUT2D eigenvalue weighted by molar-refractivity contribution is -0.144. The van der Waals surface area contributed by atoms with Crippen LogP contribution in [-0.2, 0) is 4.79 Å². The molecule has 0 aromatic carbocycles. The number of carboxylic acid groups (broad SMARTS) is 1. The minimum Gasteiger partial charge on any atom is -0.480 e. The first-order valence-electron chi connectivity index (χ1n) is 5.24. The summed E-state index contributed by atoms with van der Waals surface area (Å²) in [5.74, 6) is -0.792. The van der Waals surface area contributed by atoms with Crippen molar-refractivity contribution in [1.82, 2.24) is 5.32 Å². The van der Waals surface area contributed by atoms with Crippen LogP contribution in [0, 0.1) is 5.92 Å². The van der Waals surface area contributed by atoms with E-state index in [0.717, 1.165) is 12.8 Å². The van der Waals surface area contributed by atoms with Crippen molar-refractivity contribution < 1.29 is 9.90 Å². The maximum Gasteiger partial charge on any atom is 0.323 e. The molecule has 2 atom stereocenters. The van der Waals surface area contributed by atoms with E-state index in [0.29, 0.717) is 12.8 Å². The largest absolute Gasteiger partial charge is 0.480 e. The summed E-state index contributed by atoms with van der Waals surface area (Å²) >= 11 is 0. The van der Waals surface area contributed by atoms with E-state index >= 15 is 0 Å². The van der Waals surface area contributed by atoms with Crippen LogP contribution in [-0.4, -0.2) is 30.7 Å². The normalized spacial score (nSPS) is 29.1. The van der Waals surface area contributed by atoms with Gasteiger partial charge in [-0.3, -0.25) is 4.79 Å². The van der Waals surface area contributed by atoms with E-state index in [1.165, 1.54) is 0 Å². The predicted molar refractivity (Wildman–Crippen MR) is 61.7 cm³/mol. The summed E-state index contributed by atoms with van der Waals surface area (Å²) in [5.41, 5.74) is 4.79. The lowest BCUT2D eigenvalue weighted by Gasteiger charge is -2.25. The van der Waals surface area contributed by atoms with Gasteiger partial charge in [-0.25, -0.2) is 0 Å². The number of carboxylic acids is 1. The topological polar surface area (TPSA) is 75.4 Å². The monoisotopic (exact) mass is 214 g/mol. The second kappa shape index (κ2) is 6.58. The molecule has 15 heavy (non-hydrogen) atoms. The van der Waals surface area contributed by atoms with E-state index in [1.807, 2.05) is 14.1 Å². The summed E-state index contributed by atoms with van der Waals surface area (Å²) in [6.07, 6.45) is 4.89. The molecule has 0 amide bonds. The Hall–Kier alpha value is -0.870. The van der Waals surface area contributed by atoms with Crippen LogP contribution in [0.2, 0.25) is 0 Å². The molecule has 0 bridgehead atoms. The first kappa shape index (κ1) is 14.1. The highest BCUT2D eigenvalue weighted by Gasteiger charge is 2.44. The molecule has 0 aromatic rings. The number of allylic oxidation sites excluding steroid dienone is 1. The van der Waals surface area contributed by atoms with Gasteiger partial charge < -0.3 is 16.2 Å². The number of nitrogens with one attached hydrogen (secondary N) is 1. The maximum absolute atomic E-state index is 10.8. The molecule has 1 rings (SSSR count). The van der Waals surface area contributed by atoms with Gasteiger partial charge in [-0.2, -0.15) is 0 Å². The molecular weight excluding hydrogens is 192 g/mol. The van der Waals surface area contributed by atoms with Crippen LogP contribution in [0.15, 0.2) is 12.7 Å². The third kappa shape index (κ3) is 3.64. The van der Waals surface area contributed by atoms with Crippen molar-refractivity contribution in [2.45, 2.75) is 31.2 Å². The van der Waals surface area contributed by atoms with Crippen LogP contribution < -0.4 is 11.1 Å². The molecule has 0 radical (unpaired) electrons. The molecule has 4 N–H and O–H groups in total. The summed E-state index contributed by atoms with van der Waals surface area (Å²) in [5, 5.41) is 11.7. The number of nitrogens with two attached hydrogens (primary N) is 1. The SMILES string of the molecule is C=CCC1CCCC1(N)C(=O)O.CNC. The number of hydrogen-bond donors (Lipinski definition) is 3. The van der Waals surface area contributed by atoms with Gasteiger partial charge in [0.2, 0.25) is 0 Å². The van der Waals surface area contributed by atoms with Gasteiger partial charge in [0.05, 0.1) is 0 Å². The molecule has 0 spiro atoms. The lowest BCUT2D eigenvalue weighted by atomic mass is 9.86. The first-order chi connectivity index (χ1) is 7.02. The second-order valence-corrected chi connectivity index (χ2v) is 3.96. The van der Waals surface area contributed by atoms with Gasteiger partial charge in [0.15, 0.2) is 0 Å². The minimum atomic E-state index is -0.992. The zero-order valence-electron chi connectivity index (χ0n) is 9.62. The van der Waals surface area contributed by atoms with Crippen molar-refractivity contribution in [2.24, 2.45) is 11.7 Å². The van der Waals surface area contributed by atoms with Gasteiger partial charge in [0.1, 0.15) is 5.54 Å². The van der Waals surface area contributed by atoms with Crippen molar-refractivity contribution in [3.8, 4) is 0 Å². The molecule has 1 fully saturated rings. The van der Waals surface area contributed by atoms with Crippen molar-refractivity contribution in [2.75, 3.05) is 14.1 Å². The summed E-state index contributed by atoms with van der Waals surface area (Å²) < 4.78 is 0. The van der Waals surface area contributed by atoms with Gasteiger partial charge in [-0.1, -0.05) is 12.5 Å². The van der Waals surface area contributed by atoms with Gasteiger partial charge in [0, 0.05) is 0 Å². The van der Waals surface area contributed by atoms with Crippen molar-refractivity contribution in [3.05, 3.63) is 12.7 Å². The van der Waals surface area contributed by atoms with Crippen molar-refractivity contribution >= 4 is 5.97 Å². The molecular formula is C11H22N2O2. The van der Waals surface area contributed by atoms with E-state index in [1.54, 1.807) is 6.08 Å². The van der Waals surface area contributed by atoms with Crippen LogP contribution in [0.4, 0.5) is 0 Å². The molecule has 4 nitrogen and oxygen atoms in total. The highest BCUT2D eigenvalue weighted by Crippen LogP contribution is 2.36. The summed E-state index contributed by atoms with van der Waals surface area (Å²) in [7, 11) is 3.75. The van der Waals surface area contributed by atoms with Gasteiger partial charge in [0.25, 0.3) is 0 Å². The highest BCUT2D eigenvalue weighted by atomic mass is 16.4. The van der Waals surface area contributed by atoms with E-state index in [4.69, 9.17) is 10.8 Å². The van der Waals surface area contributed by atoms with E-state index in [-0.39, 0.29) is 5.92 Å². The Morgan fingerprint density at radius 2 is 2.27 bits per heavy atom. The molecule has 4 heteroatoms. The Labute approximate surface area is 91.5 Å². The number of rotatable bonds is 3. The third-order valence-electron chi connectivity index (χ3n) is 2.72. The number of carbonyl (C=O) groups is 1. The molecule has 0 heterocycles. The molecule has 0 aliphatic heterocycles. The van der Waals surface area contributed by atoms with Crippen LogP contribution in [0.1, 0.15) is 25.7 Å². The molecule has 88 valence electrons. The minimum absolute atomic E-state index is 0.0764. The standard InChI is InChI=1S/C9H15NO2.C2H7N/c1-2-4-7-5-3-6-9(7,10)8(11)12;1-3-2/h2,7H,1,3-6,10H2,(H,11,12);3H,1-2H3. The Morgan fingerprint density at radius 3 is 2.67 bits per heavy atom. The molecule has 2 unspecified atom stereocenters. The number of aliphatic carboxylic acids is 1. The summed E-state index contributed by atoms with van der Waals surface area (Å²) in [6.45, 7) is 3.60. The highest BCUT2D eigenvalue weighted by molar-refractivity contribution is 5.79. The molecule has 0 aromatic heterocycles. The lowest BCUT2D eigenvalue weighted by Crippen LogP contribution is -2.50. The van der Waals surface area contributed by atoms with Crippen LogP contribution in [0.5, 0.6) is 0 Å². The average molecular weight is 214 g/mol. The van der Waals surface area contributed by atoms with Crippen LogP contribution in [0.25, 0.3) is 0 Å². The first-order valence-corrected chi connectivity index (χ1v) is 5.24. The Balaban J connectivity index is 0.000000583. The molecule has 1 aliphatic carbocycles. The average Bonchev–Trinajstić information content (AvgIpc) is 2.51. The zero-order chi connectivity index (χ0) is 11.9. The summed E-state index contributed by atoms with van der Waals surface area (Å²) in [6, 6.07) is 0. The van der Waals surface area contributed by atoms with E-state index in [9.17, 15) is 4.79 Å². The van der Waals surface area contributed by atoms with E-state index in [2.05, 4.69) is 11.9 Å². The quantitative estimate of drug-likeness (QED) is 0.612. The van der Waals surface area contributed by atoms with Gasteiger partial charge in [-0.05, 0) is 39.3 Å². The fourth-order valence-corrected chi connectivity index (χ4v) is 1.91. The smallest absolute Gasteiger partial charge is 0.323 e. The molecule has 1 aliphatic rings. The second-order valence-electron chi connectivity index (χ2n) is 3.96. The number of hydrogen-bond acceptors (Lipinski definition) is 3. The van der Waals surface area contributed by atoms with Crippen LogP contribution in [0.3, 0.4) is 0 Å². The van der Waals surface area contributed by atoms with Crippen molar-refractivity contribution in [1.29, 1.82) is 0 Å². The van der Waals surface area contributed by atoms with E-state index < -0.39 is 11.5 Å². The summed E-state index contributed by atoms with van der Waals surface area (Å²) in [4.78, 5) is 10.8. The zero-order valence-corrected chi connectivity index (χ0v) is 9.62. The van der Waals surface area contributed by atoms with Crippen molar-refractivity contribution in [3.63, 3.8) is 0 Å². The fraction of sp³-hybridized carbons (Fsp3) is 0.727. The molecule has 1 saturated carbocycles. The van der Waals surface area contributed by atoms with Crippen LogP contribution >= 0.6 is 0 Å². The fourth-order valence-electron chi connectivity index (χ4n) is 1.91. The Morgan fingerprint density at radius 1 is 1.73 bits per heavy atom. The third-order valence-corrected chi connectivity index (χ3v) is 2.72. The Bertz CT molecular complexity index is 219. The predicted octanol–water partition coefficient (Wildman–Crippen LogP) is 0.980.